The molecule has 0 atom stereocenters. The Labute approximate surface area is 117 Å². The molecule has 2 rings (SSSR count). The number of nitrogens with zero attached hydrogens (tertiary/aromatic N) is 2. The van der Waals surface area contributed by atoms with Gasteiger partial charge in [-0.05, 0) is 12.0 Å². The smallest absolute Gasteiger partial charge is 0.422 e. The summed E-state index contributed by atoms with van der Waals surface area (Å²) in [6, 6.07) is 0. The first kappa shape index (κ1) is 15.2. The molecule has 21 heavy (non-hydrogen) atoms. The van der Waals surface area contributed by atoms with Gasteiger partial charge in [0.2, 0.25) is 5.75 Å². The van der Waals surface area contributed by atoms with Gasteiger partial charge >= 0.3 is 11.9 Å². The minimum absolute atomic E-state index is 0.191. The monoisotopic (exact) mass is 304 g/mol. The Kier molecular flexibility index (Phi) is 4.41. The maximum atomic E-state index is 12.3. The third-order valence-electron chi connectivity index (χ3n) is 2.76. The van der Waals surface area contributed by atoms with Crippen LogP contribution in [-0.2, 0) is 4.74 Å². The average Bonchev–Trinajstić information content (AvgIpc) is 2.44. The largest absolute Gasteiger partial charge is 0.477 e. The van der Waals surface area contributed by atoms with Gasteiger partial charge in [-0.15, -0.1) is 0 Å². The van der Waals surface area contributed by atoms with E-state index < -0.39 is 29.1 Å². The van der Waals surface area contributed by atoms with Crippen LogP contribution in [0.25, 0.3) is 5.57 Å². The van der Waals surface area contributed by atoms with Crippen LogP contribution in [0.4, 0.5) is 18.9 Å². The molecule has 0 saturated heterocycles. The van der Waals surface area contributed by atoms with Crippen LogP contribution < -0.4 is 4.74 Å². The summed E-state index contributed by atoms with van der Waals surface area (Å²) >= 11 is 0. The highest BCUT2D eigenvalue weighted by molar-refractivity contribution is 5.74. The fourth-order valence-corrected chi connectivity index (χ4v) is 1.87. The molecule has 0 unspecified atom stereocenters. The third-order valence-corrected chi connectivity index (χ3v) is 2.76. The molecule has 9 heteroatoms. The molecule has 1 aromatic heterocycles. The fraction of sp³-hybridized carbons (Fsp3) is 0.417. The highest BCUT2D eigenvalue weighted by Gasteiger charge is 2.31. The van der Waals surface area contributed by atoms with Crippen LogP contribution >= 0.6 is 0 Å². The van der Waals surface area contributed by atoms with Gasteiger partial charge in [-0.2, -0.15) is 13.2 Å². The van der Waals surface area contributed by atoms with Gasteiger partial charge in [-0.25, -0.2) is 0 Å². The lowest BCUT2D eigenvalue weighted by molar-refractivity contribution is -0.386. The van der Waals surface area contributed by atoms with Crippen LogP contribution in [0, 0.1) is 10.1 Å². The summed E-state index contributed by atoms with van der Waals surface area (Å²) in [6.45, 7) is -0.932. The van der Waals surface area contributed by atoms with E-state index in [1.807, 2.05) is 0 Å². The Balaban J connectivity index is 2.41. The van der Waals surface area contributed by atoms with Crippen molar-refractivity contribution >= 4 is 11.3 Å². The molecule has 0 N–H and O–H groups in total. The number of hydrogen-bond donors (Lipinski definition) is 0. The molecule has 1 aliphatic rings. The Morgan fingerprint density at radius 3 is 2.76 bits per heavy atom. The van der Waals surface area contributed by atoms with E-state index in [-0.39, 0.29) is 12.2 Å². The number of nitro groups is 1. The molecule has 0 aromatic carbocycles. The molecule has 6 nitrogen and oxygen atoms in total. The molecule has 0 bridgehead atoms. The molecule has 0 saturated carbocycles. The molecule has 0 aliphatic carbocycles. The van der Waals surface area contributed by atoms with Gasteiger partial charge < -0.3 is 9.47 Å². The minimum Gasteiger partial charge on any atom is -0.477 e. The second kappa shape index (κ2) is 6.08. The van der Waals surface area contributed by atoms with Crippen molar-refractivity contribution in [1.82, 2.24) is 4.98 Å². The van der Waals surface area contributed by atoms with Crippen LogP contribution in [-0.4, -0.2) is 35.9 Å². The summed E-state index contributed by atoms with van der Waals surface area (Å²) in [7, 11) is 0. The van der Waals surface area contributed by atoms with Gasteiger partial charge in [-0.1, -0.05) is 6.08 Å². The standard InChI is InChI=1S/C12H11F3N2O4/c13-12(14,15)7-21-11-9(8-1-3-20-4-2-8)5-16-6-10(11)17(18)19/h1,5-6H,2-4,7H2. The van der Waals surface area contributed by atoms with Gasteiger partial charge in [0.25, 0.3) is 0 Å². The minimum atomic E-state index is -4.58. The number of ether oxygens (including phenoxy) is 2. The maximum absolute atomic E-state index is 12.3. The molecule has 0 amide bonds. The molecular formula is C12H11F3N2O4. The van der Waals surface area contributed by atoms with Crippen LogP contribution in [0.1, 0.15) is 12.0 Å². The summed E-state index contributed by atoms with van der Waals surface area (Å²) in [5, 5.41) is 10.9. The van der Waals surface area contributed by atoms with E-state index in [1.54, 1.807) is 6.08 Å². The lowest BCUT2D eigenvalue weighted by Gasteiger charge is -2.17. The van der Waals surface area contributed by atoms with Crippen LogP contribution in [0.3, 0.4) is 0 Å². The van der Waals surface area contributed by atoms with Gasteiger partial charge in [0.15, 0.2) is 6.61 Å². The van der Waals surface area contributed by atoms with E-state index in [0.29, 0.717) is 18.6 Å². The zero-order valence-electron chi connectivity index (χ0n) is 10.7. The van der Waals surface area contributed by atoms with Gasteiger partial charge in [0, 0.05) is 11.8 Å². The Bertz CT molecular complexity index is 572. The second-order valence-corrected chi connectivity index (χ2v) is 4.25. The van der Waals surface area contributed by atoms with E-state index in [1.165, 1.54) is 6.20 Å². The SMILES string of the molecule is O=[N+]([O-])c1cncc(C2=CCOCC2)c1OCC(F)(F)F. The summed E-state index contributed by atoms with van der Waals surface area (Å²) in [4.78, 5) is 13.8. The summed E-state index contributed by atoms with van der Waals surface area (Å²) in [5.74, 6) is -0.416. The molecule has 0 spiro atoms. The van der Waals surface area contributed by atoms with Crippen molar-refractivity contribution in [2.45, 2.75) is 12.6 Å². The van der Waals surface area contributed by atoms with Crippen molar-refractivity contribution in [1.29, 1.82) is 0 Å². The molecule has 114 valence electrons. The Morgan fingerprint density at radius 2 is 2.19 bits per heavy atom. The lowest BCUT2D eigenvalue weighted by atomic mass is 10.0. The zero-order valence-corrected chi connectivity index (χ0v) is 10.7. The van der Waals surface area contributed by atoms with Crippen molar-refractivity contribution < 1.29 is 27.6 Å². The lowest BCUT2D eigenvalue weighted by Crippen LogP contribution is -2.20. The van der Waals surface area contributed by atoms with Gasteiger partial charge in [-0.3, -0.25) is 15.1 Å². The maximum Gasteiger partial charge on any atom is 0.422 e. The van der Waals surface area contributed by atoms with Crippen LogP contribution in [0.2, 0.25) is 0 Å². The van der Waals surface area contributed by atoms with Crippen molar-refractivity contribution in [2.75, 3.05) is 19.8 Å². The first-order valence-electron chi connectivity index (χ1n) is 5.97. The van der Waals surface area contributed by atoms with Crippen LogP contribution in [0.15, 0.2) is 18.5 Å². The number of hydrogen-bond acceptors (Lipinski definition) is 5. The molecular weight excluding hydrogens is 293 g/mol. The number of rotatable bonds is 4. The Morgan fingerprint density at radius 1 is 1.43 bits per heavy atom. The highest BCUT2D eigenvalue weighted by atomic mass is 19.4. The normalized spacial score (nSPS) is 15.5. The molecule has 0 radical (unpaired) electrons. The van der Waals surface area contributed by atoms with Crippen molar-refractivity contribution in [3.63, 3.8) is 0 Å². The average molecular weight is 304 g/mol. The zero-order chi connectivity index (χ0) is 15.5. The first-order valence-corrected chi connectivity index (χ1v) is 5.97. The van der Waals surface area contributed by atoms with E-state index >= 15 is 0 Å². The highest BCUT2D eigenvalue weighted by Crippen LogP contribution is 2.37. The predicted octanol–water partition coefficient (Wildman–Crippen LogP) is 2.73. The van der Waals surface area contributed by atoms with E-state index in [4.69, 9.17) is 4.74 Å². The summed E-state index contributed by atoms with van der Waals surface area (Å²) < 4.78 is 46.7. The number of pyridine rings is 1. The summed E-state index contributed by atoms with van der Waals surface area (Å²) in [5.41, 5.74) is 0.218. The quantitative estimate of drug-likeness (QED) is 0.631. The molecule has 2 heterocycles. The fourth-order valence-electron chi connectivity index (χ4n) is 1.87. The molecule has 1 aliphatic heterocycles. The van der Waals surface area contributed by atoms with Crippen molar-refractivity contribution in [2.24, 2.45) is 0 Å². The summed E-state index contributed by atoms with van der Waals surface area (Å²) in [6.07, 6.45) is -0.390. The number of aromatic nitrogens is 1. The number of alkyl halides is 3. The van der Waals surface area contributed by atoms with Gasteiger partial charge in [0.1, 0.15) is 6.20 Å². The third kappa shape index (κ3) is 3.91. The number of halogens is 3. The van der Waals surface area contributed by atoms with Crippen molar-refractivity contribution in [3.8, 4) is 5.75 Å². The predicted molar refractivity (Wildman–Crippen MR) is 65.9 cm³/mol. The molecule has 0 fully saturated rings. The molecule has 1 aromatic rings. The topological polar surface area (TPSA) is 74.5 Å². The van der Waals surface area contributed by atoms with E-state index in [0.717, 1.165) is 6.20 Å². The van der Waals surface area contributed by atoms with Crippen LogP contribution in [0.5, 0.6) is 5.75 Å². The van der Waals surface area contributed by atoms with Gasteiger partial charge in [0.05, 0.1) is 18.1 Å². The van der Waals surface area contributed by atoms with E-state index in [9.17, 15) is 23.3 Å². The Hall–Kier alpha value is -2.16. The first-order chi connectivity index (χ1) is 9.88. The van der Waals surface area contributed by atoms with E-state index in [2.05, 4.69) is 9.72 Å². The second-order valence-electron chi connectivity index (χ2n) is 4.25. The van der Waals surface area contributed by atoms with Crippen molar-refractivity contribution in [3.05, 3.63) is 34.1 Å².